The molecule has 1 amide bonds. The molecule has 1 aromatic heterocycles. The first-order valence-corrected chi connectivity index (χ1v) is 13.0. The molecule has 208 valence electrons. The van der Waals surface area contributed by atoms with E-state index >= 15 is 0 Å². The molecule has 1 aliphatic heterocycles. The number of halogens is 1. The normalized spacial score (nSPS) is 15.0. The Morgan fingerprint density at radius 1 is 1.15 bits per heavy atom. The molecule has 3 N–H and O–H groups in total. The molecule has 11 heteroatoms. The number of aryl methyl sites for hydroxylation is 1. The van der Waals surface area contributed by atoms with E-state index in [1.165, 1.54) is 12.1 Å². The Labute approximate surface area is 237 Å². The van der Waals surface area contributed by atoms with Crippen LogP contribution in [-0.2, 0) is 14.3 Å². The van der Waals surface area contributed by atoms with E-state index in [0.717, 1.165) is 22.6 Å². The number of hydrazone groups is 1. The van der Waals surface area contributed by atoms with Gasteiger partial charge in [0.25, 0.3) is 5.91 Å². The summed E-state index contributed by atoms with van der Waals surface area (Å²) in [4.78, 5) is 25.3. The number of rotatable bonds is 9. The van der Waals surface area contributed by atoms with E-state index in [1.54, 1.807) is 56.5 Å². The minimum absolute atomic E-state index is 0.224. The Bertz CT molecular complexity index is 1500. The van der Waals surface area contributed by atoms with Gasteiger partial charge in [-0.25, -0.2) is 14.6 Å². The van der Waals surface area contributed by atoms with Gasteiger partial charge in [0.05, 0.1) is 24.4 Å². The van der Waals surface area contributed by atoms with Gasteiger partial charge in [-0.1, -0.05) is 18.2 Å². The summed E-state index contributed by atoms with van der Waals surface area (Å²) in [6, 6.07) is 14.6. The van der Waals surface area contributed by atoms with Crippen molar-refractivity contribution in [2.24, 2.45) is 5.10 Å². The van der Waals surface area contributed by atoms with Gasteiger partial charge in [-0.15, -0.1) is 0 Å². The summed E-state index contributed by atoms with van der Waals surface area (Å²) < 4.78 is 26.4. The van der Waals surface area contributed by atoms with Crippen LogP contribution in [0.5, 0.6) is 5.75 Å². The summed E-state index contributed by atoms with van der Waals surface area (Å²) >= 11 is 5.31. The highest BCUT2D eigenvalue weighted by Gasteiger charge is 2.32. The van der Waals surface area contributed by atoms with Crippen LogP contribution in [0.3, 0.4) is 0 Å². The van der Waals surface area contributed by atoms with Crippen molar-refractivity contribution in [3.05, 3.63) is 94.2 Å². The summed E-state index contributed by atoms with van der Waals surface area (Å²) in [6.07, 6.45) is 1.55. The fourth-order valence-electron chi connectivity index (χ4n) is 4.51. The average molecular weight is 564 g/mol. The summed E-state index contributed by atoms with van der Waals surface area (Å²) in [5.41, 5.74) is 7.51. The van der Waals surface area contributed by atoms with E-state index in [1.807, 2.05) is 24.5 Å². The van der Waals surface area contributed by atoms with Crippen LogP contribution in [0.2, 0.25) is 0 Å². The fourth-order valence-corrected chi connectivity index (χ4v) is 4.78. The monoisotopic (exact) mass is 563 g/mol. The fraction of sp³-hybridized carbons (Fsp3) is 0.241. The summed E-state index contributed by atoms with van der Waals surface area (Å²) in [5.74, 6) is -0.846. The Kier molecular flexibility index (Phi) is 8.95. The number of aromatic nitrogens is 1. The predicted molar refractivity (Wildman–Crippen MR) is 154 cm³/mol. The zero-order valence-electron chi connectivity index (χ0n) is 22.6. The predicted octanol–water partition coefficient (Wildman–Crippen LogP) is 4.12. The average Bonchev–Trinajstić information content (AvgIpc) is 3.20. The number of nitrogens with zero attached hydrogens (tertiary/aromatic N) is 2. The summed E-state index contributed by atoms with van der Waals surface area (Å²) in [5, 5.41) is 10.5. The molecule has 0 aliphatic carbocycles. The summed E-state index contributed by atoms with van der Waals surface area (Å²) in [6.45, 7) is 7.25. The third-order valence-electron chi connectivity index (χ3n) is 6.30. The Morgan fingerprint density at radius 3 is 2.60 bits per heavy atom. The van der Waals surface area contributed by atoms with Crippen LogP contribution in [0, 0.1) is 19.7 Å². The highest BCUT2D eigenvalue weighted by Crippen LogP contribution is 2.33. The van der Waals surface area contributed by atoms with E-state index in [-0.39, 0.29) is 19.0 Å². The smallest absolute Gasteiger partial charge is 0.338 e. The van der Waals surface area contributed by atoms with Crippen molar-refractivity contribution in [1.29, 1.82) is 0 Å². The lowest BCUT2D eigenvalue weighted by Crippen LogP contribution is -2.45. The molecule has 0 unspecified atom stereocenters. The number of ether oxygens (including phenoxy) is 2. The minimum Gasteiger partial charge on any atom is -0.483 e. The molecule has 2 aromatic carbocycles. The highest BCUT2D eigenvalue weighted by atomic mass is 32.1. The van der Waals surface area contributed by atoms with Crippen molar-refractivity contribution in [3.63, 3.8) is 0 Å². The molecule has 4 rings (SSSR count). The molecule has 0 radical (unpaired) electrons. The number of allylic oxidation sites excluding steroid dienone is 1. The van der Waals surface area contributed by atoms with E-state index < -0.39 is 17.9 Å². The topological polar surface area (TPSA) is 106 Å². The number of amides is 1. The molecule has 0 fully saturated rings. The maximum Gasteiger partial charge on any atom is 0.338 e. The second-order valence-corrected chi connectivity index (χ2v) is 9.46. The highest BCUT2D eigenvalue weighted by molar-refractivity contribution is 7.80. The first kappa shape index (κ1) is 28.5. The van der Waals surface area contributed by atoms with Crippen molar-refractivity contribution < 1.29 is 23.5 Å². The van der Waals surface area contributed by atoms with Gasteiger partial charge < -0.3 is 24.7 Å². The second kappa shape index (κ2) is 12.6. The molecule has 0 bridgehead atoms. The summed E-state index contributed by atoms with van der Waals surface area (Å²) in [7, 11) is 0. The van der Waals surface area contributed by atoms with Gasteiger partial charge in [0.2, 0.25) is 0 Å². The quantitative estimate of drug-likeness (QED) is 0.156. The van der Waals surface area contributed by atoms with Gasteiger partial charge in [0.15, 0.2) is 11.7 Å². The number of carbonyl (C=O) groups excluding carboxylic acids is 2. The van der Waals surface area contributed by atoms with Crippen molar-refractivity contribution >= 4 is 35.4 Å². The lowest BCUT2D eigenvalue weighted by atomic mass is 9.95. The number of hydrogen-bond donors (Lipinski definition) is 3. The zero-order chi connectivity index (χ0) is 28.8. The molecule has 0 saturated carbocycles. The third kappa shape index (κ3) is 6.37. The van der Waals surface area contributed by atoms with Crippen LogP contribution in [-0.4, -0.2) is 41.0 Å². The molecule has 3 aromatic rings. The van der Waals surface area contributed by atoms with E-state index in [2.05, 4.69) is 21.2 Å². The van der Waals surface area contributed by atoms with Crippen LogP contribution in [0.4, 0.5) is 4.39 Å². The Morgan fingerprint density at radius 2 is 1.88 bits per heavy atom. The Balaban J connectivity index is 1.44. The first-order valence-electron chi connectivity index (χ1n) is 12.6. The second-order valence-electron chi connectivity index (χ2n) is 9.05. The molecular formula is C29H30FN5O4S. The van der Waals surface area contributed by atoms with Crippen LogP contribution in [0.15, 0.2) is 71.0 Å². The molecule has 0 spiro atoms. The number of hydrogen-bond acceptors (Lipinski definition) is 6. The van der Waals surface area contributed by atoms with Crippen molar-refractivity contribution in [2.45, 2.75) is 33.7 Å². The minimum atomic E-state index is -0.624. The van der Waals surface area contributed by atoms with Crippen molar-refractivity contribution in [2.75, 3.05) is 13.2 Å². The lowest BCUT2D eigenvalue weighted by molar-refractivity contribution is -0.139. The molecular weight excluding hydrogens is 533 g/mol. The van der Waals surface area contributed by atoms with Gasteiger partial charge >= 0.3 is 5.97 Å². The van der Waals surface area contributed by atoms with Gasteiger partial charge in [-0.3, -0.25) is 4.79 Å². The van der Waals surface area contributed by atoms with E-state index in [4.69, 9.17) is 21.7 Å². The molecule has 2 heterocycles. The van der Waals surface area contributed by atoms with Crippen LogP contribution in [0.1, 0.15) is 42.4 Å². The molecule has 0 saturated heterocycles. The van der Waals surface area contributed by atoms with Crippen LogP contribution < -0.4 is 20.8 Å². The van der Waals surface area contributed by atoms with E-state index in [9.17, 15) is 14.0 Å². The number of nitrogens with one attached hydrogen (secondary N) is 3. The van der Waals surface area contributed by atoms with Gasteiger partial charge in [-0.05, 0) is 76.3 Å². The number of esters is 1. The maximum atomic E-state index is 13.3. The number of benzene rings is 2. The largest absolute Gasteiger partial charge is 0.483 e. The number of thiocarbonyl (C=S) groups is 1. The lowest BCUT2D eigenvalue weighted by Gasteiger charge is -2.30. The molecule has 40 heavy (non-hydrogen) atoms. The van der Waals surface area contributed by atoms with E-state index in [0.29, 0.717) is 27.7 Å². The number of para-hydroxylation sites is 1. The molecule has 1 atom stereocenters. The zero-order valence-corrected chi connectivity index (χ0v) is 23.4. The third-order valence-corrected chi connectivity index (χ3v) is 6.52. The van der Waals surface area contributed by atoms with Gasteiger partial charge in [0.1, 0.15) is 11.6 Å². The van der Waals surface area contributed by atoms with Gasteiger partial charge in [-0.2, -0.15) is 5.10 Å². The molecule has 1 aliphatic rings. The van der Waals surface area contributed by atoms with Crippen LogP contribution in [0.25, 0.3) is 5.69 Å². The van der Waals surface area contributed by atoms with Crippen molar-refractivity contribution in [3.8, 4) is 11.4 Å². The SMILES string of the molecule is CCOC(=O)C1=C(C)NC(=S)N[C@@H]1c1ccccc1OCC(=O)NN=Cc1cc(C)n(-c2ccc(F)cc2)c1C. The Hall–Kier alpha value is -4.51. The first-order chi connectivity index (χ1) is 19.2. The number of carbonyl (C=O) groups is 2. The molecule has 9 nitrogen and oxygen atoms in total. The standard InChI is InChI=1S/C29H30FN5O4S/c1-5-38-28(37)26-18(3)32-29(40)33-27(26)23-8-6-7-9-24(23)39-16-25(36)34-31-15-20-14-17(2)35(19(20)4)22-12-10-21(30)11-13-22/h6-15,27H,5,16H2,1-4H3,(H,34,36)(H2,32,33,40)/t27-/m1/s1. The van der Waals surface area contributed by atoms with Gasteiger partial charge in [0, 0.05) is 33.9 Å². The van der Waals surface area contributed by atoms with Crippen LogP contribution >= 0.6 is 12.2 Å². The maximum absolute atomic E-state index is 13.3. The van der Waals surface area contributed by atoms with Crippen molar-refractivity contribution in [1.82, 2.24) is 20.6 Å².